The van der Waals surface area contributed by atoms with Crippen molar-refractivity contribution in [2.24, 2.45) is 5.41 Å². The zero-order valence-corrected chi connectivity index (χ0v) is 19.3. The second kappa shape index (κ2) is 7.03. The van der Waals surface area contributed by atoms with Crippen molar-refractivity contribution in [1.82, 2.24) is 24.3 Å². The second-order valence-corrected chi connectivity index (χ2v) is 11.6. The number of nitrogens with zero attached hydrogens (tertiary/aromatic N) is 5. The number of pyridine rings is 1. The van der Waals surface area contributed by atoms with Gasteiger partial charge < -0.3 is 4.57 Å². The first kappa shape index (κ1) is 20.5. The Morgan fingerprint density at radius 2 is 2.03 bits per heavy atom. The smallest absolute Gasteiger partial charge is 0.195 e. The molecule has 5 rings (SSSR count). The van der Waals surface area contributed by atoms with Gasteiger partial charge >= 0.3 is 0 Å². The van der Waals surface area contributed by atoms with Gasteiger partial charge in [-0.3, -0.25) is 9.67 Å². The van der Waals surface area contributed by atoms with E-state index in [4.69, 9.17) is 16.6 Å². The van der Waals surface area contributed by atoms with Gasteiger partial charge in [0, 0.05) is 28.9 Å². The van der Waals surface area contributed by atoms with Crippen molar-refractivity contribution in [3.05, 3.63) is 47.5 Å². The van der Waals surface area contributed by atoms with E-state index in [1.807, 2.05) is 18.2 Å². The Hall–Kier alpha value is -2.45. The number of benzene rings is 1. The molecule has 1 saturated carbocycles. The van der Waals surface area contributed by atoms with Gasteiger partial charge in [0.1, 0.15) is 5.82 Å². The van der Waals surface area contributed by atoms with Crippen molar-refractivity contribution in [3.63, 3.8) is 0 Å². The minimum Gasteiger partial charge on any atom is -0.323 e. The summed E-state index contributed by atoms with van der Waals surface area (Å²) in [7, 11) is -3.48. The number of halogens is 1. The molecular weight excluding hydrogens is 434 g/mol. The Balaban J connectivity index is 1.67. The largest absolute Gasteiger partial charge is 0.323 e. The van der Waals surface area contributed by atoms with Gasteiger partial charge in [-0.2, -0.15) is 5.10 Å². The molecule has 4 aromatic rings. The molecule has 7 nitrogen and oxygen atoms in total. The Bertz CT molecular complexity index is 1420. The van der Waals surface area contributed by atoms with Crippen molar-refractivity contribution in [1.29, 1.82) is 0 Å². The molecule has 1 fully saturated rings. The van der Waals surface area contributed by atoms with E-state index in [0.29, 0.717) is 28.5 Å². The maximum Gasteiger partial charge on any atom is 0.195 e. The normalized spacial score (nSPS) is 18.9. The fourth-order valence-corrected chi connectivity index (χ4v) is 5.76. The van der Waals surface area contributed by atoms with Crippen molar-refractivity contribution >= 4 is 43.4 Å². The Morgan fingerprint density at radius 3 is 2.74 bits per heavy atom. The van der Waals surface area contributed by atoms with Crippen LogP contribution in [0.25, 0.3) is 21.9 Å². The summed E-state index contributed by atoms with van der Waals surface area (Å²) in [4.78, 5) is 9.07. The Morgan fingerprint density at radius 1 is 1.23 bits per heavy atom. The molecule has 0 saturated heterocycles. The third kappa shape index (κ3) is 3.61. The van der Waals surface area contributed by atoms with E-state index in [-0.39, 0.29) is 10.4 Å². The molecule has 162 valence electrons. The molecule has 0 radical (unpaired) electrons. The Kier molecular flexibility index (Phi) is 4.64. The van der Waals surface area contributed by atoms with Crippen LogP contribution in [-0.4, -0.2) is 39.0 Å². The number of rotatable bonds is 4. The van der Waals surface area contributed by atoms with E-state index in [1.165, 1.54) is 6.26 Å². The molecule has 3 heterocycles. The molecule has 3 aromatic heterocycles. The van der Waals surface area contributed by atoms with Crippen LogP contribution in [0.3, 0.4) is 0 Å². The van der Waals surface area contributed by atoms with E-state index in [9.17, 15) is 8.42 Å². The number of sulfone groups is 1. The maximum atomic E-state index is 12.3. The van der Waals surface area contributed by atoms with Gasteiger partial charge in [-0.1, -0.05) is 25.4 Å². The highest BCUT2D eigenvalue weighted by atomic mass is 35.5. The first-order chi connectivity index (χ1) is 14.6. The highest BCUT2D eigenvalue weighted by Crippen LogP contribution is 2.45. The third-order valence-electron chi connectivity index (χ3n) is 6.19. The number of aromatic nitrogens is 5. The standard InChI is InChI=1S/C22H24ClN5O2S/c1-22(2)8-6-15(11-22)28-18-5-4-14(23)10-17(18)25-20(28)13-27-19-12-24-9-7-16(19)21(26-27)31(3,29)30/h4-5,7,9-10,12,15H,6,8,11,13H2,1-3H3. The van der Waals surface area contributed by atoms with Crippen LogP contribution < -0.4 is 0 Å². The molecule has 0 N–H and O–H groups in total. The molecule has 1 aliphatic carbocycles. The number of fused-ring (bicyclic) bond motifs is 2. The average Bonchev–Trinajstić information content (AvgIpc) is 3.34. The SMILES string of the molecule is CC1(C)CCC(n2c(Cn3nc(S(C)(=O)=O)c4ccncc43)nc3cc(Cl)ccc32)C1. The van der Waals surface area contributed by atoms with Crippen LogP contribution in [0, 0.1) is 5.41 Å². The average molecular weight is 458 g/mol. The molecule has 0 aliphatic heterocycles. The highest BCUT2D eigenvalue weighted by Gasteiger charge is 2.34. The minimum atomic E-state index is -3.48. The summed E-state index contributed by atoms with van der Waals surface area (Å²) in [5.41, 5.74) is 2.83. The van der Waals surface area contributed by atoms with Crippen LogP contribution in [0.5, 0.6) is 0 Å². The van der Waals surface area contributed by atoms with Gasteiger partial charge in [-0.05, 0) is 48.9 Å². The topological polar surface area (TPSA) is 82.7 Å². The number of hydrogen-bond acceptors (Lipinski definition) is 5. The van der Waals surface area contributed by atoms with Crippen molar-refractivity contribution in [2.45, 2.75) is 50.7 Å². The Labute approximate surface area is 186 Å². The zero-order chi connectivity index (χ0) is 22.0. The second-order valence-electron chi connectivity index (χ2n) is 9.22. The molecule has 0 bridgehead atoms. The highest BCUT2D eigenvalue weighted by molar-refractivity contribution is 7.90. The summed E-state index contributed by atoms with van der Waals surface area (Å²) < 4.78 is 28.6. The van der Waals surface area contributed by atoms with Crippen LogP contribution in [0.15, 0.2) is 41.7 Å². The van der Waals surface area contributed by atoms with Gasteiger partial charge in [-0.15, -0.1) is 0 Å². The fraction of sp³-hybridized carbons (Fsp3) is 0.409. The predicted molar refractivity (Wildman–Crippen MR) is 121 cm³/mol. The molecule has 9 heteroatoms. The first-order valence-electron chi connectivity index (χ1n) is 10.3. The molecular formula is C22H24ClN5O2S. The maximum absolute atomic E-state index is 12.3. The quantitative estimate of drug-likeness (QED) is 0.446. The summed E-state index contributed by atoms with van der Waals surface area (Å²) in [6.45, 7) is 4.95. The van der Waals surface area contributed by atoms with Gasteiger partial charge in [0.25, 0.3) is 0 Å². The van der Waals surface area contributed by atoms with Gasteiger partial charge in [0.2, 0.25) is 0 Å². The van der Waals surface area contributed by atoms with E-state index in [0.717, 1.165) is 36.1 Å². The summed E-state index contributed by atoms with van der Waals surface area (Å²) in [6, 6.07) is 7.80. The van der Waals surface area contributed by atoms with E-state index >= 15 is 0 Å². The molecule has 1 aliphatic rings. The minimum absolute atomic E-state index is 0.0672. The van der Waals surface area contributed by atoms with Crippen LogP contribution in [-0.2, 0) is 16.4 Å². The van der Waals surface area contributed by atoms with Crippen molar-refractivity contribution in [3.8, 4) is 0 Å². The monoisotopic (exact) mass is 457 g/mol. The number of imidazole rings is 1. The van der Waals surface area contributed by atoms with E-state index in [1.54, 1.807) is 23.1 Å². The summed E-state index contributed by atoms with van der Waals surface area (Å²) in [5, 5.41) is 5.73. The summed E-state index contributed by atoms with van der Waals surface area (Å²) in [5.74, 6) is 0.841. The molecule has 1 aromatic carbocycles. The molecule has 0 spiro atoms. The van der Waals surface area contributed by atoms with Crippen molar-refractivity contribution in [2.75, 3.05) is 6.26 Å². The van der Waals surface area contributed by atoms with Crippen LogP contribution >= 0.6 is 11.6 Å². The molecule has 1 unspecified atom stereocenters. The molecule has 1 atom stereocenters. The lowest BCUT2D eigenvalue weighted by molar-refractivity contribution is 0.357. The van der Waals surface area contributed by atoms with Crippen LogP contribution in [0.2, 0.25) is 5.02 Å². The first-order valence-corrected chi connectivity index (χ1v) is 12.6. The number of hydrogen-bond donors (Lipinski definition) is 0. The lowest BCUT2D eigenvalue weighted by Gasteiger charge is -2.20. The van der Waals surface area contributed by atoms with Crippen molar-refractivity contribution < 1.29 is 8.42 Å². The predicted octanol–water partition coefficient (Wildman–Crippen LogP) is 4.64. The lowest BCUT2D eigenvalue weighted by atomic mass is 9.92. The zero-order valence-electron chi connectivity index (χ0n) is 17.7. The summed E-state index contributed by atoms with van der Waals surface area (Å²) in [6.07, 6.45) is 7.70. The van der Waals surface area contributed by atoms with Crippen LogP contribution in [0.1, 0.15) is 45.0 Å². The third-order valence-corrected chi connectivity index (χ3v) is 7.43. The molecule has 0 amide bonds. The van der Waals surface area contributed by atoms with E-state index < -0.39 is 9.84 Å². The molecule has 31 heavy (non-hydrogen) atoms. The van der Waals surface area contributed by atoms with Gasteiger partial charge in [-0.25, -0.2) is 13.4 Å². The fourth-order valence-electron chi connectivity index (χ4n) is 4.78. The van der Waals surface area contributed by atoms with Crippen LogP contribution in [0.4, 0.5) is 0 Å². The summed E-state index contributed by atoms with van der Waals surface area (Å²) >= 11 is 6.24. The van der Waals surface area contributed by atoms with E-state index in [2.05, 4.69) is 28.5 Å². The lowest BCUT2D eigenvalue weighted by Crippen LogP contribution is -2.15. The van der Waals surface area contributed by atoms with Gasteiger partial charge in [0.05, 0.1) is 29.3 Å². The van der Waals surface area contributed by atoms with Gasteiger partial charge in [0.15, 0.2) is 14.9 Å².